The van der Waals surface area contributed by atoms with E-state index in [2.05, 4.69) is 20.4 Å². The summed E-state index contributed by atoms with van der Waals surface area (Å²) in [6.07, 6.45) is 6.27. The van der Waals surface area contributed by atoms with Gasteiger partial charge in [0.2, 0.25) is 0 Å². The summed E-state index contributed by atoms with van der Waals surface area (Å²) in [4.78, 5) is 10.4. The summed E-state index contributed by atoms with van der Waals surface area (Å²) in [6, 6.07) is 1.82. The minimum Gasteiger partial charge on any atom is -0.398 e. The normalized spacial score (nSPS) is 10.8. The van der Waals surface area contributed by atoms with Crippen LogP contribution in [0.15, 0.2) is 24.7 Å². The lowest BCUT2D eigenvalue weighted by Crippen LogP contribution is -2.06. The van der Waals surface area contributed by atoms with Crippen molar-refractivity contribution in [3.8, 4) is 11.3 Å². The van der Waals surface area contributed by atoms with Crippen molar-refractivity contribution < 1.29 is 5.11 Å². The first-order chi connectivity index (χ1) is 12.1. The summed E-state index contributed by atoms with van der Waals surface area (Å²) in [7, 11) is 0. The third kappa shape index (κ3) is 3.75. The Hall–Kier alpha value is -2.98. The topological polar surface area (TPSA) is 152 Å². The summed E-state index contributed by atoms with van der Waals surface area (Å²) >= 11 is 1.44. The fraction of sp³-hybridized carbons (Fsp3) is 0.200. The van der Waals surface area contributed by atoms with E-state index in [1.54, 1.807) is 23.3 Å². The maximum atomic E-state index is 8.96. The SMILES string of the molecule is N=Cc1sc(CNc2nc(-c3cnn(CCO)c3)cnc2N)cc1N. The van der Waals surface area contributed by atoms with Crippen LogP contribution in [0.4, 0.5) is 17.3 Å². The largest absolute Gasteiger partial charge is 0.398 e. The van der Waals surface area contributed by atoms with Crippen molar-refractivity contribution in [2.24, 2.45) is 0 Å². The Balaban J connectivity index is 1.77. The number of nitrogens with two attached hydrogens (primary N) is 2. The molecule has 25 heavy (non-hydrogen) atoms. The molecule has 0 amide bonds. The van der Waals surface area contributed by atoms with Crippen LogP contribution in [0, 0.1) is 5.41 Å². The molecule has 10 heteroatoms. The van der Waals surface area contributed by atoms with Crippen molar-refractivity contribution in [2.45, 2.75) is 13.1 Å². The zero-order valence-corrected chi connectivity index (χ0v) is 14.1. The molecule has 130 valence electrons. The van der Waals surface area contributed by atoms with Gasteiger partial charge in [0.25, 0.3) is 0 Å². The van der Waals surface area contributed by atoms with Gasteiger partial charge in [0.1, 0.15) is 0 Å². The van der Waals surface area contributed by atoms with E-state index in [1.165, 1.54) is 17.6 Å². The average molecular weight is 358 g/mol. The molecule has 0 atom stereocenters. The number of nitrogens with one attached hydrogen (secondary N) is 2. The van der Waals surface area contributed by atoms with Gasteiger partial charge in [0.15, 0.2) is 11.6 Å². The number of nitrogen functional groups attached to an aromatic ring is 2. The number of hydrogen-bond acceptors (Lipinski definition) is 9. The molecule has 9 nitrogen and oxygen atoms in total. The minimum atomic E-state index is 0.0169. The number of thiophene rings is 1. The molecule has 0 saturated carbocycles. The lowest BCUT2D eigenvalue weighted by Gasteiger charge is -2.08. The molecule has 0 aliphatic carbocycles. The molecule has 0 radical (unpaired) electrons. The van der Waals surface area contributed by atoms with Crippen molar-refractivity contribution in [3.63, 3.8) is 0 Å². The van der Waals surface area contributed by atoms with E-state index in [0.717, 1.165) is 15.3 Å². The Morgan fingerprint density at radius 2 is 2.20 bits per heavy atom. The van der Waals surface area contributed by atoms with Gasteiger partial charge in [-0.05, 0) is 6.07 Å². The first kappa shape index (κ1) is 16.9. The highest BCUT2D eigenvalue weighted by Crippen LogP contribution is 2.25. The third-order valence-corrected chi connectivity index (χ3v) is 4.56. The van der Waals surface area contributed by atoms with Crippen molar-refractivity contribution in [1.82, 2.24) is 19.7 Å². The number of aliphatic hydroxyl groups is 1. The van der Waals surface area contributed by atoms with Crippen molar-refractivity contribution in [3.05, 3.63) is 34.4 Å². The summed E-state index contributed by atoms with van der Waals surface area (Å²) in [6.45, 7) is 0.917. The molecular formula is C15H18N8OS. The van der Waals surface area contributed by atoms with Crippen LogP contribution >= 0.6 is 11.3 Å². The van der Waals surface area contributed by atoms with Gasteiger partial charge in [0.05, 0.1) is 48.3 Å². The fourth-order valence-corrected chi connectivity index (χ4v) is 3.08. The molecule has 3 aromatic rings. The third-order valence-electron chi connectivity index (χ3n) is 3.46. The predicted octanol–water partition coefficient (Wildman–Crippen LogP) is 1.17. The maximum absolute atomic E-state index is 8.96. The Kier molecular flexibility index (Phi) is 4.91. The number of anilines is 3. The quantitative estimate of drug-likeness (QED) is 0.397. The molecule has 0 fully saturated rings. The summed E-state index contributed by atoms with van der Waals surface area (Å²) in [5, 5.41) is 23.6. The standard InChI is InChI=1S/C15H18N8OS/c16-4-13-11(17)3-10(25-13)6-20-15-14(18)19-7-12(22-15)9-5-21-23(8-9)1-2-24/h3-5,7-8,16,24H,1-2,6,17H2,(H2,18,19)(H,20,22). The first-order valence-corrected chi connectivity index (χ1v) is 8.31. The Morgan fingerprint density at radius 3 is 2.92 bits per heavy atom. The van der Waals surface area contributed by atoms with Crippen molar-refractivity contribution >= 4 is 34.9 Å². The number of aromatic nitrogens is 4. The summed E-state index contributed by atoms with van der Waals surface area (Å²) in [5.74, 6) is 0.763. The van der Waals surface area contributed by atoms with E-state index in [0.29, 0.717) is 36.1 Å². The van der Waals surface area contributed by atoms with Crippen molar-refractivity contribution in [1.29, 1.82) is 5.41 Å². The number of aliphatic hydroxyl groups excluding tert-OH is 1. The van der Waals surface area contributed by atoms with Crippen LogP contribution < -0.4 is 16.8 Å². The molecule has 0 aliphatic heterocycles. The van der Waals surface area contributed by atoms with E-state index >= 15 is 0 Å². The van der Waals surface area contributed by atoms with Gasteiger partial charge in [-0.15, -0.1) is 11.3 Å². The maximum Gasteiger partial charge on any atom is 0.169 e. The van der Waals surface area contributed by atoms with Crippen LogP contribution in [0.3, 0.4) is 0 Å². The molecule has 0 unspecified atom stereocenters. The molecule has 3 rings (SSSR count). The second-order valence-electron chi connectivity index (χ2n) is 5.23. The zero-order valence-electron chi connectivity index (χ0n) is 13.3. The van der Waals surface area contributed by atoms with Crippen LogP contribution in [-0.2, 0) is 13.1 Å². The number of nitrogens with zero attached hydrogens (tertiary/aromatic N) is 4. The molecule has 7 N–H and O–H groups in total. The first-order valence-electron chi connectivity index (χ1n) is 7.49. The van der Waals surface area contributed by atoms with E-state index in [-0.39, 0.29) is 6.61 Å². The molecule has 0 spiro atoms. The lowest BCUT2D eigenvalue weighted by molar-refractivity contribution is 0.269. The van der Waals surface area contributed by atoms with E-state index in [1.807, 2.05) is 6.07 Å². The molecule has 0 bridgehead atoms. The molecular weight excluding hydrogens is 340 g/mol. The Bertz CT molecular complexity index is 888. The number of hydrogen-bond donors (Lipinski definition) is 5. The second kappa shape index (κ2) is 7.28. The van der Waals surface area contributed by atoms with Gasteiger partial charge in [-0.3, -0.25) is 4.68 Å². The van der Waals surface area contributed by atoms with Gasteiger partial charge in [-0.1, -0.05) is 0 Å². The van der Waals surface area contributed by atoms with E-state index in [4.69, 9.17) is 22.0 Å². The highest BCUT2D eigenvalue weighted by molar-refractivity contribution is 7.14. The van der Waals surface area contributed by atoms with Gasteiger partial charge < -0.3 is 27.3 Å². The van der Waals surface area contributed by atoms with Gasteiger partial charge in [0, 0.05) is 22.9 Å². The molecule has 0 aliphatic rings. The van der Waals surface area contributed by atoms with Crippen LogP contribution in [-0.4, -0.2) is 37.7 Å². The van der Waals surface area contributed by atoms with Crippen LogP contribution in [0.25, 0.3) is 11.3 Å². The highest BCUT2D eigenvalue weighted by atomic mass is 32.1. The van der Waals surface area contributed by atoms with Gasteiger partial charge in [-0.2, -0.15) is 5.10 Å². The number of rotatable bonds is 7. The zero-order chi connectivity index (χ0) is 17.8. The Labute approximate surface area is 147 Å². The van der Waals surface area contributed by atoms with Crippen LogP contribution in [0.5, 0.6) is 0 Å². The van der Waals surface area contributed by atoms with Crippen LogP contribution in [0.1, 0.15) is 9.75 Å². The smallest absolute Gasteiger partial charge is 0.169 e. The van der Waals surface area contributed by atoms with E-state index in [9.17, 15) is 0 Å². The van der Waals surface area contributed by atoms with Gasteiger partial charge in [-0.25, -0.2) is 9.97 Å². The second-order valence-corrected chi connectivity index (χ2v) is 6.40. The molecule has 0 saturated heterocycles. The molecule has 0 aromatic carbocycles. The van der Waals surface area contributed by atoms with Gasteiger partial charge >= 0.3 is 0 Å². The molecule has 3 heterocycles. The highest BCUT2D eigenvalue weighted by Gasteiger charge is 2.10. The minimum absolute atomic E-state index is 0.0169. The fourth-order valence-electron chi connectivity index (χ4n) is 2.23. The monoisotopic (exact) mass is 358 g/mol. The average Bonchev–Trinajstić information content (AvgIpc) is 3.21. The van der Waals surface area contributed by atoms with Crippen LogP contribution in [0.2, 0.25) is 0 Å². The predicted molar refractivity (Wildman–Crippen MR) is 98.7 cm³/mol. The Morgan fingerprint density at radius 1 is 1.36 bits per heavy atom. The summed E-state index contributed by atoms with van der Waals surface area (Å²) < 4.78 is 1.63. The van der Waals surface area contributed by atoms with E-state index < -0.39 is 0 Å². The lowest BCUT2D eigenvalue weighted by atomic mass is 10.2. The summed E-state index contributed by atoms with van der Waals surface area (Å²) in [5.41, 5.74) is 13.7. The molecule has 3 aromatic heterocycles. The van der Waals surface area contributed by atoms with Crippen molar-refractivity contribution in [2.75, 3.05) is 23.4 Å².